The molecule has 0 aliphatic heterocycles. The molecule has 0 aromatic heterocycles. The standard InChI is InChI=1S/C19H29NO5/c1-4-13-20(14-12-19(22)24-5-2)18(21)7-6-15-25-17-10-8-16(23-3)9-11-17/h8-11H,4-7,12-15H2,1-3H3. The summed E-state index contributed by atoms with van der Waals surface area (Å²) in [5, 5.41) is 0. The Labute approximate surface area is 150 Å². The highest BCUT2D eigenvalue weighted by molar-refractivity contribution is 5.77. The number of benzene rings is 1. The van der Waals surface area contributed by atoms with Crippen LogP contribution in [0, 0.1) is 0 Å². The first-order valence-electron chi connectivity index (χ1n) is 8.80. The predicted octanol–water partition coefficient (Wildman–Crippen LogP) is 3.05. The largest absolute Gasteiger partial charge is 0.497 e. The van der Waals surface area contributed by atoms with Crippen LogP contribution in [0.4, 0.5) is 0 Å². The molecule has 1 aromatic carbocycles. The average molecular weight is 351 g/mol. The third-order valence-corrected chi connectivity index (χ3v) is 3.60. The lowest BCUT2D eigenvalue weighted by Crippen LogP contribution is -2.34. The maximum atomic E-state index is 12.3. The van der Waals surface area contributed by atoms with E-state index in [1.807, 2.05) is 31.2 Å². The molecular formula is C19H29NO5. The van der Waals surface area contributed by atoms with Gasteiger partial charge >= 0.3 is 5.97 Å². The molecule has 0 fully saturated rings. The molecule has 0 bridgehead atoms. The molecule has 0 unspecified atom stereocenters. The molecule has 0 saturated heterocycles. The topological polar surface area (TPSA) is 65.1 Å². The lowest BCUT2D eigenvalue weighted by Gasteiger charge is -2.21. The number of rotatable bonds is 12. The molecule has 0 N–H and O–H groups in total. The lowest BCUT2D eigenvalue weighted by molar-refractivity contribution is -0.144. The Morgan fingerprint density at radius 3 is 2.28 bits per heavy atom. The van der Waals surface area contributed by atoms with Crippen LogP contribution in [0.5, 0.6) is 11.5 Å². The lowest BCUT2D eigenvalue weighted by atomic mass is 10.2. The van der Waals surface area contributed by atoms with Gasteiger partial charge < -0.3 is 19.1 Å². The minimum Gasteiger partial charge on any atom is -0.497 e. The van der Waals surface area contributed by atoms with E-state index >= 15 is 0 Å². The van der Waals surface area contributed by atoms with E-state index in [-0.39, 0.29) is 18.3 Å². The fourth-order valence-electron chi connectivity index (χ4n) is 2.33. The molecule has 0 aliphatic carbocycles. The van der Waals surface area contributed by atoms with E-state index in [4.69, 9.17) is 14.2 Å². The fourth-order valence-corrected chi connectivity index (χ4v) is 2.33. The number of methoxy groups -OCH3 is 1. The molecule has 1 rings (SSSR count). The Hall–Kier alpha value is -2.24. The van der Waals surface area contributed by atoms with Gasteiger partial charge in [0.15, 0.2) is 0 Å². The Balaban J connectivity index is 2.31. The Morgan fingerprint density at radius 2 is 1.68 bits per heavy atom. The average Bonchev–Trinajstić information content (AvgIpc) is 2.62. The zero-order chi connectivity index (χ0) is 18.5. The van der Waals surface area contributed by atoms with Crippen molar-refractivity contribution in [1.82, 2.24) is 4.90 Å². The van der Waals surface area contributed by atoms with Crippen molar-refractivity contribution < 1.29 is 23.8 Å². The summed E-state index contributed by atoms with van der Waals surface area (Å²) in [5.41, 5.74) is 0. The van der Waals surface area contributed by atoms with E-state index in [1.165, 1.54) is 0 Å². The minimum absolute atomic E-state index is 0.0458. The number of esters is 1. The quantitative estimate of drug-likeness (QED) is 0.428. The van der Waals surface area contributed by atoms with Crippen LogP contribution in [0.2, 0.25) is 0 Å². The van der Waals surface area contributed by atoms with Crippen molar-refractivity contribution in [3.05, 3.63) is 24.3 Å². The van der Waals surface area contributed by atoms with E-state index in [0.717, 1.165) is 17.9 Å². The molecule has 6 nitrogen and oxygen atoms in total. The molecule has 0 heterocycles. The Morgan fingerprint density at radius 1 is 1.00 bits per heavy atom. The molecule has 0 radical (unpaired) electrons. The SMILES string of the molecule is CCCN(CCC(=O)OCC)C(=O)CCCOc1ccc(OC)cc1. The molecule has 1 amide bonds. The first-order chi connectivity index (χ1) is 12.1. The van der Waals surface area contributed by atoms with Crippen LogP contribution in [-0.2, 0) is 14.3 Å². The summed E-state index contributed by atoms with van der Waals surface area (Å²) in [6.07, 6.45) is 2.13. The van der Waals surface area contributed by atoms with E-state index < -0.39 is 0 Å². The van der Waals surface area contributed by atoms with E-state index in [0.29, 0.717) is 39.1 Å². The van der Waals surface area contributed by atoms with Crippen molar-refractivity contribution >= 4 is 11.9 Å². The van der Waals surface area contributed by atoms with E-state index in [1.54, 1.807) is 18.9 Å². The van der Waals surface area contributed by atoms with Gasteiger partial charge in [-0.3, -0.25) is 9.59 Å². The van der Waals surface area contributed by atoms with Crippen LogP contribution in [0.1, 0.15) is 39.5 Å². The number of carbonyl (C=O) groups excluding carboxylic acids is 2. The molecule has 140 valence electrons. The molecule has 6 heteroatoms. The van der Waals surface area contributed by atoms with Gasteiger partial charge in [-0.1, -0.05) is 6.92 Å². The highest BCUT2D eigenvalue weighted by atomic mass is 16.5. The van der Waals surface area contributed by atoms with Crippen molar-refractivity contribution in [2.24, 2.45) is 0 Å². The predicted molar refractivity (Wildman–Crippen MR) is 95.8 cm³/mol. The van der Waals surface area contributed by atoms with Crippen LogP contribution < -0.4 is 9.47 Å². The van der Waals surface area contributed by atoms with Crippen LogP contribution >= 0.6 is 0 Å². The van der Waals surface area contributed by atoms with Crippen LogP contribution in [0.25, 0.3) is 0 Å². The molecule has 0 atom stereocenters. The molecule has 1 aromatic rings. The van der Waals surface area contributed by atoms with Crippen molar-refractivity contribution in [2.75, 3.05) is 33.4 Å². The second kappa shape index (κ2) is 12.2. The van der Waals surface area contributed by atoms with Gasteiger partial charge in [0.25, 0.3) is 0 Å². The maximum absolute atomic E-state index is 12.3. The smallest absolute Gasteiger partial charge is 0.307 e. The van der Waals surface area contributed by atoms with E-state index in [2.05, 4.69) is 0 Å². The number of amides is 1. The van der Waals surface area contributed by atoms with Crippen molar-refractivity contribution in [3.63, 3.8) is 0 Å². The first-order valence-corrected chi connectivity index (χ1v) is 8.80. The zero-order valence-electron chi connectivity index (χ0n) is 15.5. The number of hydrogen-bond acceptors (Lipinski definition) is 5. The summed E-state index contributed by atoms with van der Waals surface area (Å²) in [6.45, 7) is 5.68. The number of nitrogens with zero attached hydrogens (tertiary/aromatic N) is 1. The third-order valence-electron chi connectivity index (χ3n) is 3.60. The summed E-state index contributed by atoms with van der Waals surface area (Å²) in [7, 11) is 1.62. The second-order valence-electron chi connectivity index (χ2n) is 5.56. The van der Waals surface area contributed by atoms with Gasteiger partial charge in [-0.15, -0.1) is 0 Å². The molecule has 0 spiro atoms. The number of ether oxygens (including phenoxy) is 3. The van der Waals surface area contributed by atoms with Gasteiger partial charge in [-0.05, 0) is 44.0 Å². The molecular weight excluding hydrogens is 322 g/mol. The van der Waals surface area contributed by atoms with E-state index in [9.17, 15) is 9.59 Å². The normalized spacial score (nSPS) is 10.2. The number of carbonyl (C=O) groups is 2. The van der Waals surface area contributed by atoms with Crippen LogP contribution in [0.15, 0.2) is 24.3 Å². The fraction of sp³-hybridized carbons (Fsp3) is 0.579. The van der Waals surface area contributed by atoms with Crippen molar-refractivity contribution in [3.8, 4) is 11.5 Å². The third kappa shape index (κ3) is 8.42. The minimum atomic E-state index is -0.265. The highest BCUT2D eigenvalue weighted by Gasteiger charge is 2.14. The summed E-state index contributed by atoms with van der Waals surface area (Å²) in [5.74, 6) is 1.31. The van der Waals surface area contributed by atoms with Gasteiger partial charge in [0.05, 0.1) is 26.7 Å². The van der Waals surface area contributed by atoms with Gasteiger partial charge in [0.2, 0.25) is 5.91 Å². The summed E-state index contributed by atoms with van der Waals surface area (Å²) in [4.78, 5) is 25.5. The summed E-state index contributed by atoms with van der Waals surface area (Å²) in [6, 6.07) is 7.34. The van der Waals surface area contributed by atoms with Gasteiger partial charge in [-0.2, -0.15) is 0 Å². The monoisotopic (exact) mass is 351 g/mol. The van der Waals surface area contributed by atoms with Crippen LogP contribution in [-0.4, -0.2) is 50.2 Å². The highest BCUT2D eigenvalue weighted by Crippen LogP contribution is 2.17. The summed E-state index contributed by atoms with van der Waals surface area (Å²) >= 11 is 0. The molecule has 0 aliphatic rings. The van der Waals surface area contributed by atoms with Gasteiger partial charge in [0, 0.05) is 19.5 Å². The number of hydrogen-bond donors (Lipinski definition) is 0. The van der Waals surface area contributed by atoms with Crippen LogP contribution in [0.3, 0.4) is 0 Å². The van der Waals surface area contributed by atoms with Gasteiger partial charge in [0.1, 0.15) is 11.5 Å². The molecule has 0 saturated carbocycles. The molecule has 25 heavy (non-hydrogen) atoms. The Kier molecular flexibility index (Phi) is 10.1. The van der Waals surface area contributed by atoms with Crippen molar-refractivity contribution in [2.45, 2.75) is 39.5 Å². The zero-order valence-corrected chi connectivity index (χ0v) is 15.5. The maximum Gasteiger partial charge on any atom is 0.307 e. The van der Waals surface area contributed by atoms with Gasteiger partial charge in [-0.25, -0.2) is 0 Å². The second-order valence-corrected chi connectivity index (χ2v) is 5.56. The summed E-state index contributed by atoms with van der Waals surface area (Å²) < 4.78 is 15.6. The first kappa shape index (κ1) is 20.8. The Bertz CT molecular complexity index is 515. The van der Waals surface area contributed by atoms with Crippen molar-refractivity contribution in [1.29, 1.82) is 0 Å².